The van der Waals surface area contributed by atoms with Gasteiger partial charge in [0.1, 0.15) is 5.75 Å². The molecule has 9 nitrogen and oxygen atoms in total. The third-order valence-electron chi connectivity index (χ3n) is 8.21. The van der Waals surface area contributed by atoms with E-state index in [0.29, 0.717) is 46.9 Å². The number of anilines is 2. The van der Waals surface area contributed by atoms with Gasteiger partial charge in [0.25, 0.3) is 5.91 Å². The molecule has 9 heteroatoms. The number of pyridine rings is 1. The normalized spacial score (nSPS) is 17.5. The largest absolute Gasteiger partial charge is 0.497 e. The molecule has 1 aliphatic carbocycles. The second kappa shape index (κ2) is 12.1. The Hall–Kier alpha value is -5.31. The van der Waals surface area contributed by atoms with E-state index < -0.39 is 6.04 Å². The SMILES string of the molecule is COc1ccc([C@@H]2CC(=O)C3=C(C2)Nc2ccccc2N(C(=O)c2cc(OC)c(OC)c(OC)c2)[C@H]3c2cccnc2)cc1. The fourth-order valence-electron chi connectivity index (χ4n) is 6.12. The van der Waals surface area contributed by atoms with E-state index in [1.807, 2.05) is 60.7 Å². The van der Waals surface area contributed by atoms with E-state index in [4.69, 9.17) is 18.9 Å². The van der Waals surface area contributed by atoms with Gasteiger partial charge < -0.3 is 24.3 Å². The van der Waals surface area contributed by atoms with Crippen molar-refractivity contribution in [2.75, 3.05) is 38.7 Å². The number of fused-ring (bicyclic) bond motifs is 1. The molecule has 2 atom stereocenters. The number of para-hydroxylation sites is 2. The number of benzene rings is 3. The fraction of sp³-hybridized carbons (Fsp3) is 0.229. The first-order valence-electron chi connectivity index (χ1n) is 14.3. The molecule has 4 aromatic rings. The number of nitrogens with one attached hydrogen (secondary N) is 1. The number of Topliss-reactive ketones (excluding diaryl/α,β-unsaturated/α-hetero) is 1. The molecule has 1 amide bonds. The Kier molecular flexibility index (Phi) is 7.93. The Bertz CT molecular complexity index is 1710. The smallest absolute Gasteiger partial charge is 0.259 e. The lowest BCUT2D eigenvalue weighted by Gasteiger charge is -2.35. The van der Waals surface area contributed by atoms with Crippen molar-refractivity contribution in [3.8, 4) is 23.0 Å². The molecular weight excluding hydrogens is 558 g/mol. The van der Waals surface area contributed by atoms with Crippen LogP contribution in [0, 0.1) is 0 Å². The third-order valence-corrected chi connectivity index (χ3v) is 8.21. The minimum Gasteiger partial charge on any atom is -0.497 e. The van der Waals surface area contributed by atoms with Crippen molar-refractivity contribution in [3.63, 3.8) is 0 Å². The van der Waals surface area contributed by atoms with Gasteiger partial charge in [-0.25, -0.2) is 0 Å². The predicted octanol–water partition coefficient (Wildman–Crippen LogP) is 6.33. The molecule has 1 aliphatic heterocycles. The van der Waals surface area contributed by atoms with Gasteiger partial charge in [0.15, 0.2) is 17.3 Å². The Morgan fingerprint density at radius 3 is 2.20 bits per heavy atom. The zero-order valence-electron chi connectivity index (χ0n) is 25.0. The van der Waals surface area contributed by atoms with Crippen LogP contribution >= 0.6 is 0 Å². The maximum atomic E-state index is 14.7. The maximum absolute atomic E-state index is 14.7. The van der Waals surface area contributed by atoms with Crippen LogP contribution in [0.3, 0.4) is 0 Å². The molecule has 224 valence electrons. The van der Waals surface area contributed by atoms with Gasteiger partial charge in [-0.2, -0.15) is 0 Å². The molecule has 3 aromatic carbocycles. The fourth-order valence-corrected chi connectivity index (χ4v) is 6.12. The Morgan fingerprint density at radius 1 is 0.841 bits per heavy atom. The van der Waals surface area contributed by atoms with Gasteiger partial charge in [-0.15, -0.1) is 0 Å². The maximum Gasteiger partial charge on any atom is 0.259 e. The lowest BCUT2D eigenvalue weighted by atomic mass is 9.78. The van der Waals surface area contributed by atoms with Gasteiger partial charge in [0.2, 0.25) is 5.75 Å². The molecule has 44 heavy (non-hydrogen) atoms. The van der Waals surface area contributed by atoms with Crippen molar-refractivity contribution in [1.29, 1.82) is 0 Å². The number of rotatable bonds is 7. The number of hydrogen-bond acceptors (Lipinski definition) is 8. The molecule has 0 fully saturated rings. The number of carbonyl (C=O) groups is 2. The van der Waals surface area contributed by atoms with Gasteiger partial charge in [0.05, 0.1) is 45.9 Å². The monoisotopic (exact) mass is 591 g/mol. The van der Waals surface area contributed by atoms with Crippen LogP contribution in [0.25, 0.3) is 0 Å². The standard InChI is InChI=1S/C35H33N3O6/c1-41-25-13-11-21(12-14-25)23-16-27-32(29(39)17-23)33(22-8-7-15-36-20-22)38(28-10-6-5-9-26(28)37-27)35(40)24-18-30(42-2)34(44-4)31(19-24)43-3/h5-15,18-20,23,33,37H,16-17H2,1-4H3/t23-,33-/m0/s1. The summed E-state index contributed by atoms with van der Waals surface area (Å²) >= 11 is 0. The van der Waals surface area contributed by atoms with E-state index in [1.165, 1.54) is 21.3 Å². The number of hydrogen-bond donors (Lipinski definition) is 1. The van der Waals surface area contributed by atoms with Crippen LogP contribution in [-0.4, -0.2) is 45.1 Å². The molecular formula is C35H33N3O6. The highest BCUT2D eigenvalue weighted by molar-refractivity contribution is 6.12. The van der Waals surface area contributed by atoms with Crippen LogP contribution in [0.15, 0.2) is 96.5 Å². The Labute approximate surface area is 256 Å². The van der Waals surface area contributed by atoms with Gasteiger partial charge >= 0.3 is 0 Å². The summed E-state index contributed by atoms with van der Waals surface area (Å²) in [4.78, 5) is 35.1. The van der Waals surface area contributed by atoms with Gasteiger partial charge in [-0.05, 0) is 65.9 Å². The summed E-state index contributed by atoms with van der Waals surface area (Å²) in [5, 5.41) is 3.56. The van der Waals surface area contributed by atoms with Gasteiger partial charge in [0, 0.05) is 35.6 Å². The first-order valence-corrected chi connectivity index (χ1v) is 14.3. The molecule has 6 rings (SSSR count). The predicted molar refractivity (Wildman–Crippen MR) is 167 cm³/mol. The van der Waals surface area contributed by atoms with E-state index in [9.17, 15) is 9.59 Å². The van der Waals surface area contributed by atoms with Crippen LogP contribution in [0.4, 0.5) is 11.4 Å². The van der Waals surface area contributed by atoms with Crippen LogP contribution in [0.2, 0.25) is 0 Å². The second-order valence-corrected chi connectivity index (χ2v) is 10.6. The summed E-state index contributed by atoms with van der Waals surface area (Å²) in [6.07, 6.45) is 4.27. The van der Waals surface area contributed by atoms with Crippen molar-refractivity contribution >= 4 is 23.1 Å². The number of methoxy groups -OCH3 is 4. The minimum absolute atomic E-state index is 0.0380. The molecule has 0 saturated carbocycles. The van der Waals surface area contributed by atoms with E-state index in [0.717, 1.165) is 28.3 Å². The highest BCUT2D eigenvalue weighted by Crippen LogP contribution is 2.48. The lowest BCUT2D eigenvalue weighted by Crippen LogP contribution is -2.38. The summed E-state index contributed by atoms with van der Waals surface area (Å²) in [6, 6.07) is 21.6. The average molecular weight is 592 g/mol. The molecule has 1 N–H and O–H groups in total. The summed E-state index contributed by atoms with van der Waals surface area (Å²) in [5.74, 6) is 1.42. The minimum atomic E-state index is -0.745. The highest BCUT2D eigenvalue weighted by atomic mass is 16.5. The molecule has 2 aliphatic rings. The first kappa shape index (κ1) is 28.8. The highest BCUT2D eigenvalue weighted by Gasteiger charge is 2.42. The summed E-state index contributed by atoms with van der Waals surface area (Å²) < 4.78 is 22.0. The van der Waals surface area contributed by atoms with Crippen molar-refractivity contribution in [2.24, 2.45) is 0 Å². The Morgan fingerprint density at radius 2 is 1.57 bits per heavy atom. The molecule has 2 heterocycles. The van der Waals surface area contributed by atoms with Crippen molar-refractivity contribution in [3.05, 3.63) is 113 Å². The Balaban J connectivity index is 1.53. The van der Waals surface area contributed by atoms with Gasteiger partial charge in [-0.1, -0.05) is 30.3 Å². The number of carbonyl (C=O) groups excluding carboxylic acids is 2. The van der Waals surface area contributed by atoms with E-state index in [-0.39, 0.29) is 17.6 Å². The van der Waals surface area contributed by atoms with Crippen molar-refractivity contribution < 1.29 is 28.5 Å². The zero-order chi connectivity index (χ0) is 30.8. The average Bonchev–Trinajstić information content (AvgIpc) is 3.22. The number of allylic oxidation sites excluding steroid dienone is 1. The summed E-state index contributed by atoms with van der Waals surface area (Å²) in [6.45, 7) is 0. The molecule has 0 saturated heterocycles. The van der Waals surface area contributed by atoms with Crippen LogP contribution in [-0.2, 0) is 4.79 Å². The van der Waals surface area contributed by atoms with E-state index in [2.05, 4.69) is 10.3 Å². The lowest BCUT2D eigenvalue weighted by molar-refractivity contribution is -0.116. The molecule has 1 aromatic heterocycles. The summed E-state index contributed by atoms with van der Waals surface area (Å²) in [7, 11) is 6.16. The van der Waals surface area contributed by atoms with Crippen molar-refractivity contribution in [2.45, 2.75) is 24.8 Å². The molecule has 0 radical (unpaired) electrons. The molecule has 0 unspecified atom stereocenters. The summed E-state index contributed by atoms with van der Waals surface area (Å²) in [5.41, 5.74) is 4.75. The van der Waals surface area contributed by atoms with Crippen LogP contribution in [0.1, 0.15) is 46.3 Å². The molecule has 0 bridgehead atoms. The number of aromatic nitrogens is 1. The topological polar surface area (TPSA) is 99.2 Å². The van der Waals surface area contributed by atoms with E-state index >= 15 is 0 Å². The van der Waals surface area contributed by atoms with Crippen LogP contribution < -0.4 is 29.2 Å². The van der Waals surface area contributed by atoms with Gasteiger partial charge in [-0.3, -0.25) is 19.5 Å². The second-order valence-electron chi connectivity index (χ2n) is 10.6. The van der Waals surface area contributed by atoms with Crippen molar-refractivity contribution in [1.82, 2.24) is 4.98 Å². The van der Waals surface area contributed by atoms with Crippen LogP contribution in [0.5, 0.6) is 23.0 Å². The number of amides is 1. The quantitative estimate of drug-likeness (QED) is 0.266. The molecule has 0 spiro atoms. The van der Waals surface area contributed by atoms with E-state index in [1.54, 1.807) is 36.5 Å². The number of ether oxygens (including phenoxy) is 4. The third kappa shape index (κ3) is 5.10. The zero-order valence-corrected chi connectivity index (χ0v) is 25.0. The number of ketones is 1. The first-order chi connectivity index (χ1) is 21.5. The number of nitrogens with zero attached hydrogens (tertiary/aromatic N) is 2.